The Morgan fingerprint density at radius 3 is 2.29 bits per heavy atom. The predicted molar refractivity (Wildman–Crippen MR) is 65.1 cm³/mol. The van der Waals surface area contributed by atoms with E-state index in [0.717, 1.165) is 6.54 Å². The van der Waals surface area contributed by atoms with E-state index < -0.39 is 0 Å². The fraction of sp³-hybridized carbons (Fsp3) is 0.500. The highest BCUT2D eigenvalue weighted by Crippen LogP contribution is 2.29. The molecular formula is C14H19NO2. The van der Waals surface area contributed by atoms with Gasteiger partial charge >= 0.3 is 6.15 Å². The van der Waals surface area contributed by atoms with Crippen LogP contribution in [0.5, 0.6) is 0 Å². The first-order valence-corrected chi connectivity index (χ1v) is 5.83. The van der Waals surface area contributed by atoms with Gasteiger partial charge in [0.25, 0.3) is 0 Å². The molecule has 0 aromatic heterocycles. The number of likely N-dealkylation sites (tertiary alicyclic amines) is 1. The Kier molecular flexibility index (Phi) is 5.08. The van der Waals surface area contributed by atoms with E-state index in [1.54, 1.807) is 0 Å². The molecule has 1 heterocycles. The molecule has 3 heteroatoms. The minimum atomic E-state index is 0.250. The van der Waals surface area contributed by atoms with Crippen LogP contribution in [0.2, 0.25) is 0 Å². The van der Waals surface area contributed by atoms with Gasteiger partial charge in [0.2, 0.25) is 0 Å². The van der Waals surface area contributed by atoms with E-state index in [0.29, 0.717) is 5.41 Å². The summed E-state index contributed by atoms with van der Waals surface area (Å²) in [6, 6.07) is 10.8. The second kappa shape index (κ2) is 6.33. The van der Waals surface area contributed by atoms with Crippen LogP contribution in [0.25, 0.3) is 0 Å². The Hall–Kier alpha value is -1.44. The average molecular weight is 233 g/mol. The van der Waals surface area contributed by atoms with Crippen molar-refractivity contribution in [2.75, 3.05) is 13.1 Å². The fourth-order valence-electron chi connectivity index (χ4n) is 2.20. The van der Waals surface area contributed by atoms with Crippen LogP contribution in [0, 0.1) is 5.41 Å². The third-order valence-corrected chi connectivity index (χ3v) is 3.01. The Bertz CT molecular complexity index is 367. The molecule has 0 N–H and O–H groups in total. The minimum absolute atomic E-state index is 0.250. The van der Waals surface area contributed by atoms with Crippen LogP contribution >= 0.6 is 0 Å². The molecule has 1 aromatic carbocycles. The van der Waals surface area contributed by atoms with Gasteiger partial charge in [0.15, 0.2) is 0 Å². The van der Waals surface area contributed by atoms with E-state index in [1.807, 2.05) is 0 Å². The van der Waals surface area contributed by atoms with E-state index in [9.17, 15) is 0 Å². The smallest absolute Gasteiger partial charge is 0.299 e. The van der Waals surface area contributed by atoms with Gasteiger partial charge in [-0.3, -0.25) is 4.90 Å². The molecule has 0 atom stereocenters. The van der Waals surface area contributed by atoms with Crippen molar-refractivity contribution in [3.8, 4) is 0 Å². The summed E-state index contributed by atoms with van der Waals surface area (Å²) < 4.78 is 0. The van der Waals surface area contributed by atoms with Crippen LogP contribution in [-0.4, -0.2) is 24.1 Å². The predicted octanol–water partition coefficient (Wildman–Crippen LogP) is 2.33. The topological polar surface area (TPSA) is 37.4 Å². The van der Waals surface area contributed by atoms with Crippen molar-refractivity contribution < 1.29 is 9.59 Å². The van der Waals surface area contributed by atoms with Gasteiger partial charge in [0, 0.05) is 13.1 Å². The van der Waals surface area contributed by atoms with Gasteiger partial charge in [-0.05, 0) is 23.9 Å². The van der Waals surface area contributed by atoms with E-state index >= 15 is 0 Å². The van der Waals surface area contributed by atoms with Crippen LogP contribution in [0.15, 0.2) is 30.3 Å². The molecule has 17 heavy (non-hydrogen) atoms. The number of carbonyl (C=O) groups excluding carboxylic acids is 2. The molecule has 1 aliphatic heterocycles. The SMILES string of the molecule is CC1(C)CCN(Cc2ccccc2)C1.O=C=O. The highest BCUT2D eigenvalue weighted by Gasteiger charge is 2.28. The highest BCUT2D eigenvalue weighted by molar-refractivity contribution is 5.20. The van der Waals surface area contributed by atoms with E-state index in [-0.39, 0.29) is 6.15 Å². The summed E-state index contributed by atoms with van der Waals surface area (Å²) in [5.74, 6) is 0. The van der Waals surface area contributed by atoms with Gasteiger partial charge in [-0.15, -0.1) is 0 Å². The first-order valence-electron chi connectivity index (χ1n) is 5.83. The number of hydrogen-bond acceptors (Lipinski definition) is 3. The van der Waals surface area contributed by atoms with Crippen LogP contribution < -0.4 is 0 Å². The highest BCUT2D eigenvalue weighted by atomic mass is 16.2. The number of benzene rings is 1. The molecule has 1 aromatic rings. The number of nitrogens with zero attached hydrogens (tertiary/aromatic N) is 1. The van der Waals surface area contributed by atoms with Crippen molar-refractivity contribution >= 4 is 6.15 Å². The monoisotopic (exact) mass is 233 g/mol. The number of rotatable bonds is 2. The lowest BCUT2D eigenvalue weighted by atomic mass is 9.93. The van der Waals surface area contributed by atoms with Gasteiger partial charge < -0.3 is 0 Å². The molecule has 0 aliphatic carbocycles. The van der Waals surface area contributed by atoms with E-state index in [1.165, 1.54) is 25.1 Å². The Labute approximate surface area is 102 Å². The van der Waals surface area contributed by atoms with Gasteiger partial charge in [0.1, 0.15) is 0 Å². The Morgan fingerprint density at radius 2 is 1.82 bits per heavy atom. The summed E-state index contributed by atoms with van der Waals surface area (Å²) in [4.78, 5) is 18.8. The molecule has 92 valence electrons. The first-order chi connectivity index (χ1) is 8.07. The van der Waals surface area contributed by atoms with Crippen molar-refractivity contribution in [3.63, 3.8) is 0 Å². The van der Waals surface area contributed by atoms with Gasteiger partial charge in [0.05, 0.1) is 0 Å². The molecule has 0 radical (unpaired) electrons. The summed E-state index contributed by atoms with van der Waals surface area (Å²) in [6.45, 7) is 8.32. The molecule has 0 saturated carbocycles. The quantitative estimate of drug-likeness (QED) is 0.786. The lowest BCUT2D eigenvalue weighted by Crippen LogP contribution is -2.22. The minimum Gasteiger partial charge on any atom is -0.299 e. The maximum Gasteiger partial charge on any atom is 0.373 e. The maximum atomic E-state index is 8.12. The van der Waals surface area contributed by atoms with Crippen molar-refractivity contribution in [2.45, 2.75) is 26.8 Å². The molecule has 0 spiro atoms. The van der Waals surface area contributed by atoms with E-state index in [2.05, 4.69) is 49.1 Å². The van der Waals surface area contributed by atoms with Crippen LogP contribution in [-0.2, 0) is 16.1 Å². The Morgan fingerprint density at radius 1 is 1.24 bits per heavy atom. The molecule has 3 nitrogen and oxygen atoms in total. The zero-order chi connectivity index (χ0) is 12.7. The zero-order valence-electron chi connectivity index (χ0n) is 10.5. The first kappa shape index (κ1) is 13.6. The molecule has 1 fully saturated rings. The third-order valence-electron chi connectivity index (χ3n) is 3.01. The lowest BCUT2D eigenvalue weighted by molar-refractivity contribution is -0.191. The van der Waals surface area contributed by atoms with Crippen LogP contribution in [0.4, 0.5) is 0 Å². The fourth-order valence-corrected chi connectivity index (χ4v) is 2.20. The zero-order valence-corrected chi connectivity index (χ0v) is 10.5. The molecule has 1 saturated heterocycles. The summed E-state index contributed by atoms with van der Waals surface area (Å²) in [5, 5.41) is 0. The number of hydrogen-bond donors (Lipinski definition) is 0. The molecular weight excluding hydrogens is 214 g/mol. The van der Waals surface area contributed by atoms with Gasteiger partial charge in [-0.2, -0.15) is 9.59 Å². The van der Waals surface area contributed by atoms with Crippen LogP contribution in [0.1, 0.15) is 25.8 Å². The molecule has 0 bridgehead atoms. The molecule has 0 unspecified atom stereocenters. The standard InChI is InChI=1S/C13H19N.CO2/c1-13(2)8-9-14(11-13)10-12-6-4-3-5-7-12;2-1-3/h3-7H,8-11H2,1-2H3;. The summed E-state index contributed by atoms with van der Waals surface area (Å²) >= 11 is 0. The van der Waals surface area contributed by atoms with Gasteiger partial charge in [-0.1, -0.05) is 44.2 Å². The molecule has 2 rings (SSSR count). The van der Waals surface area contributed by atoms with E-state index in [4.69, 9.17) is 9.59 Å². The lowest BCUT2D eigenvalue weighted by Gasteiger charge is -2.19. The molecule has 1 aliphatic rings. The van der Waals surface area contributed by atoms with Crippen molar-refractivity contribution in [1.29, 1.82) is 0 Å². The Balaban J connectivity index is 0.000000437. The maximum absolute atomic E-state index is 8.12. The van der Waals surface area contributed by atoms with Gasteiger partial charge in [-0.25, -0.2) is 0 Å². The van der Waals surface area contributed by atoms with Crippen molar-refractivity contribution in [3.05, 3.63) is 35.9 Å². The summed E-state index contributed by atoms with van der Waals surface area (Å²) in [6.07, 6.45) is 1.58. The molecule has 0 amide bonds. The van der Waals surface area contributed by atoms with Crippen molar-refractivity contribution in [2.24, 2.45) is 5.41 Å². The largest absolute Gasteiger partial charge is 0.373 e. The second-order valence-electron chi connectivity index (χ2n) is 5.19. The summed E-state index contributed by atoms with van der Waals surface area (Å²) in [7, 11) is 0. The van der Waals surface area contributed by atoms with Crippen molar-refractivity contribution in [1.82, 2.24) is 4.90 Å². The third kappa shape index (κ3) is 4.94. The second-order valence-corrected chi connectivity index (χ2v) is 5.19. The average Bonchev–Trinajstić information content (AvgIpc) is 2.61. The summed E-state index contributed by atoms with van der Waals surface area (Å²) in [5.41, 5.74) is 1.96. The van der Waals surface area contributed by atoms with Crippen LogP contribution in [0.3, 0.4) is 0 Å². The normalized spacial score (nSPS) is 18.0.